The highest BCUT2D eigenvalue weighted by atomic mass is 79.9. The fourth-order valence-electron chi connectivity index (χ4n) is 2.25. The maximum atomic E-state index is 13.0. The van der Waals surface area contributed by atoms with E-state index in [1.54, 1.807) is 6.92 Å². The molecule has 0 N–H and O–H groups in total. The van der Waals surface area contributed by atoms with Gasteiger partial charge in [-0.3, -0.25) is 14.9 Å². The molecule has 1 saturated heterocycles. The number of carbonyl (C=O) groups excluding carboxylic acids is 1. The van der Waals surface area contributed by atoms with E-state index in [1.165, 1.54) is 12.1 Å². The van der Waals surface area contributed by atoms with Crippen molar-refractivity contribution >= 4 is 43.4 Å². The number of carbonyl (C=O) groups is 1. The summed E-state index contributed by atoms with van der Waals surface area (Å²) in [5, 5.41) is 9.35. The molecule has 1 aliphatic rings. The second kappa shape index (κ2) is 5.34. The number of nitrogens with zero attached hydrogens (tertiary/aromatic N) is 2. The van der Waals surface area contributed by atoms with Crippen molar-refractivity contribution in [3.8, 4) is 0 Å². The van der Waals surface area contributed by atoms with Crippen molar-refractivity contribution in [3.63, 3.8) is 0 Å². The molecule has 1 atom stereocenters. The number of amides is 1. The molecule has 21 heavy (non-hydrogen) atoms. The molecule has 10 heteroatoms. The second-order valence-corrected chi connectivity index (χ2v) is 7.13. The van der Waals surface area contributed by atoms with Crippen LogP contribution in [-0.4, -0.2) is 31.0 Å². The van der Waals surface area contributed by atoms with Gasteiger partial charge in [0, 0.05) is 29.6 Å². The Hall–Kier alpha value is -1.55. The topological polar surface area (TPSA) is 97.6 Å². The van der Waals surface area contributed by atoms with Crippen LogP contribution < -0.4 is 4.90 Å². The molecule has 0 spiro atoms. The Balaban J connectivity index is 2.44. The molecule has 0 aromatic heterocycles. The molecule has 1 amide bonds. The summed E-state index contributed by atoms with van der Waals surface area (Å²) in [6.45, 7) is 1.24. The maximum absolute atomic E-state index is 13.0. The quantitative estimate of drug-likeness (QED) is 0.454. The highest BCUT2D eigenvalue weighted by Crippen LogP contribution is 2.37. The lowest BCUT2D eigenvalue weighted by Gasteiger charge is -2.20. The fraction of sp³-hybridized carbons (Fsp3) is 0.364. The third-order valence-corrected chi connectivity index (χ3v) is 4.92. The Morgan fingerprint density at radius 1 is 1.48 bits per heavy atom. The maximum Gasteiger partial charge on any atom is 0.307 e. The van der Waals surface area contributed by atoms with Crippen LogP contribution in [0.3, 0.4) is 0 Å². The van der Waals surface area contributed by atoms with E-state index in [4.69, 9.17) is 0 Å². The number of anilines is 1. The van der Waals surface area contributed by atoms with Crippen LogP contribution in [0, 0.1) is 17.0 Å². The van der Waals surface area contributed by atoms with Gasteiger partial charge in [0.25, 0.3) is 5.69 Å². The Bertz CT molecular complexity index is 713. The second-order valence-electron chi connectivity index (χ2n) is 4.66. The van der Waals surface area contributed by atoms with Crippen LogP contribution in [0.5, 0.6) is 0 Å². The predicted molar refractivity (Wildman–Crippen MR) is 76.3 cm³/mol. The molecule has 1 unspecified atom stereocenters. The minimum absolute atomic E-state index is 0.163. The fourth-order valence-corrected chi connectivity index (χ4v) is 3.68. The molecule has 1 fully saturated rings. The summed E-state index contributed by atoms with van der Waals surface area (Å²) >= 11 is 3.13. The molecule has 1 aromatic rings. The Kier molecular flexibility index (Phi) is 4.02. The number of hydrogen-bond donors (Lipinski definition) is 0. The number of halogens is 2. The summed E-state index contributed by atoms with van der Waals surface area (Å²) in [5.41, 5.74) is 0.572. The van der Waals surface area contributed by atoms with Gasteiger partial charge >= 0.3 is 10.2 Å². The van der Waals surface area contributed by atoms with Gasteiger partial charge in [0.2, 0.25) is 5.91 Å². The number of nitro benzene ring substituents is 1. The van der Waals surface area contributed by atoms with Crippen molar-refractivity contribution in [2.75, 3.05) is 11.4 Å². The van der Waals surface area contributed by atoms with Crippen LogP contribution in [-0.2, 0) is 15.0 Å². The smallest absolute Gasteiger partial charge is 0.307 e. The molecule has 1 aromatic carbocycles. The minimum atomic E-state index is -4.81. The molecule has 114 valence electrons. The highest BCUT2D eigenvalue weighted by molar-refractivity contribution is 9.10. The molecule has 0 saturated carbocycles. The number of benzene rings is 1. The van der Waals surface area contributed by atoms with Crippen LogP contribution >= 0.6 is 15.9 Å². The van der Waals surface area contributed by atoms with Gasteiger partial charge in [-0.25, -0.2) is 0 Å². The van der Waals surface area contributed by atoms with E-state index in [0.29, 0.717) is 11.3 Å². The predicted octanol–water partition coefficient (Wildman–Crippen LogP) is 2.07. The molecule has 2 rings (SSSR count). The minimum Gasteiger partial charge on any atom is -0.310 e. The molecule has 1 aliphatic heterocycles. The Labute approximate surface area is 128 Å². The SMILES string of the molecule is Cc1cc([N+](=O)[O-])cc(Br)c1N1CC(S(=O)(=O)F)CC1=O. The summed E-state index contributed by atoms with van der Waals surface area (Å²) in [4.78, 5) is 23.2. The number of non-ortho nitro benzene ring substituents is 1. The zero-order valence-electron chi connectivity index (χ0n) is 10.7. The Morgan fingerprint density at radius 3 is 2.52 bits per heavy atom. The van der Waals surface area contributed by atoms with Crippen molar-refractivity contribution in [3.05, 3.63) is 32.3 Å². The van der Waals surface area contributed by atoms with Crippen molar-refractivity contribution < 1.29 is 22.0 Å². The first-order chi connectivity index (χ1) is 9.61. The van der Waals surface area contributed by atoms with E-state index < -0.39 is 32.7 Å². The molecule has 0 aliphatic carbocycles. The third kappa shape index (κ3) is 3.05. The van der Waals surface area contributed by atoms with Gasteiger partial charge in [0.1, 0.15) is 5.25 Å². The summed E-state index contributed by atoms with van der Waals surface area (Å²) in [7, 11) is -4.81. The first-order valence-corrected chi connectivity index (χ1v) is 8.03. The van der Waals surface area contributed by atoms with E-state index in [-0.39, 0.29) is 16.7 Å². The van der Waals surface area contributed by atoms with Gasteiger partial charge in [0.15, 0.2) is 0 Å². The summed E-state index contributed by atoms with van der Waals surface area (Å²) in [6.07, 6.45) is -0.443. The third-order valence-electron chi connectivity index (χ3n) is 3.21. The number of aryl methyl sites for hydroxylation is 1. The van der Waals surface area contributed by atoms with E-state index in [2.05, 4.69) is 15.9 Å². The van der Waals surface area contributed by atoms with Gasteiger partial charge < -0.3 is 4.90 Å². The van der Waals surface area contributed by atoms with Crippen molar-refractivity contribution in [2.45, 2.75) is 18.6 Å². The van der Waals surface area contributed by atoms with Crippen LogP contribution in [0.2, 0.25) is 0 Å². The normalized spacial score (nSPS) is 19.1. The summed E-state index contributed by atoms with van der Waals surface area (Å²) in [6, 6.07) is 2.48. The highest BCUT2D eigenvalue weighted by Gasteiger charge is 2.40. The van der Waals surface area contributed by atoms with Crippen molar-refractivity contribution in [1.82, 2.24) is 0 Å². The lowest BCUT2D eigenvalue weighted by Crippen LogP contribution is -2.28. The number of rotatable bonds is 3. The lowest BCUT2D eigenvalue weighted by molar-refractivity contribution is -0.385. The Morgan fingerprint density at radius 2 is 2.10 bits per heavy atom. The molecule has 0 radical (unpaired) electrons. The first-order valence-electron chi connectivity index (χ1n) is 5.79. The van der Waals surface area contributed by atoms with Crippen LogP contribution in [0.1, 0.15) is 12.0 Å². The largest absolute Gasteiger partial charge is 0.310 e. The van der Waals surface area contributed by atoms with Crippen LogP contribution in [0.4, 0.5) is 15.3 Å². The van der Waals surface area contributed by atoms with Gasteiger partial charge in [-0.2, -0.15) is 8.42 Å². The van der Waals surface area contributed by atoms with Crippen LogP contribution in [0.25, 0.3) is 0 Å². The molecule has 1 heterocycles. The van der Waals surface area contributed by atoms with Crippen LogP contribution in [0.15, 0.2) is 16.6 Å². The van der Waals surface area contributed by atoms with Gasteiger partial charge in [0.05, 0.1) is 10.6 Å². The average Bonchev–Trinajstić information content (AvgIpc) is 2.70. The first kappa shape index (κ1) is 15.8. The van der Waals surface area contributed by atoms with Crippen molar-refractivity contribution in [2.24, 2.45) is 0 Å². The standard InChI is InChI=1S/C11H10BrFN2O5S/c1-6-2-7(15(17)18)3-9(12)11(6)14-5-8(4-10(14)16)21(13,19)20/h2-3,8H,4-5H2,1H3. The molecular formula is C11H10BrFN2O5S. The zero-order valence-corrected chi connectivity index (χ0v) is 13.1. The zero-order chi connectivity index (χ0) is 15.9. The monoisotopic (exact) mass is 380 g/mol. The average molecular weight is 381 g/mol. The van der Waals surface area contributed by atoms with Gasteiger partial charge in [-0.05, 0) is 28.4 Å². The van der Waals surface area contributed by atoms with Gasteiger partial charge in [-0.15, -0.1) is 3.89 Å². The molecular weight excluding hydrogens is 371 g/mol. The summed E-state index contributed by atoms with van der Waals surface area (Å²) in [5.74, 6) is -0.543. The molecule has 7 nitrogen and oxygen atoms in total. The van der Waals surface area contributed by atoms with E-state index >= 15 is 0 Å². The lowest BCUT2D eigenvalue weighted by atomic mass is 10.1. The van der Waals surface area contributed by atoms with Gasteiger partial charge in [-0.1, -0.05) is 0 Å². The van der Waals surface area contributed by atoms with Crippen molar-refractivity contribution in [1.29, 1.82) is 0 Å². The molecule has 0 bridgehead atoms. The number of hydrogen-bond acceptors (Lipinski definition) is 5. The summed E-state index contributed by atoms with van der Waals surface area (Å²) < 4.78 is 35.1. The van der Waals surface area contributed by atoms with E-state index in [9.17, 15) is 27.2 Å². The number of nitro groups is 1. The van der Waals surface area contributed by atoms with E-state index in [0.717, 1.165) is 4.90 Å². The van der Waals surface area contributed by atoms with E-state index in [1.807, 2.05) is 0 Å².